The molecule has 0 saturated carbocycles. The van der Waals surface area contributed by atoms with E-state index in [1.54, 1.807) is 23.9 Å². The molecule has 1 aromatic carbocycles. The van der Waals surface area contributed by atoms with Crippen molar-refractivity contribution >= 4 is 23.4 Å². The molecule has 17 heavy (non-hydrogen) atoms. The Morgan fingerprint density at radius 1 is 1.53 bits per heavy atom. The highest BCUT2D eigenvalue weighted by molar-refractivity contribution is 7.98. The highest BCUT2D eigenvalue weighted by Crippen LogP contribution is 2.12. The smallest absolute Gasteiger partial charge is 0.251 e. The number of rotatable bonds is 5. The quantitative estimate of drug-likeness (QED) is 0.791. The first-order chi connectivity index (χ1) is 8.04. The Morgan fingerprint density at radius 3 is 2.82 bits per heavy atom. The second-order valence-corrected chi connectivity index (χ2v) is 5.22. The molecule has 0 spiro atoms. The molecular weight excluding hydrogens is 232 g/mol. The van der Waals surface area contributed by atoms with Crippen LogP contribution in [0.5, 0.6) is 0 Å². The monoisotopic (exact) mass is 252 g/mol. The Morgan fingerprint density at radius 2 is 2.24 bits per heavy atom. The maximum Gasteiger partial charge on any atom is 0.251 e. The summed E-state index contributed by atoms with van der Waals surface area (Å²) in [6, 6.07) is 5.56. The third kappa shape index (κ3) is 4.30. The summed E-state index contributed by atoms with van der Waals surface area (Å²) < 4.78 is 0. The molecule has 0 heterocycles. The van der Waals surface area contributed by atoms with Crippen LogP contribution in [0, 0.1) is 6.92 Å². The lowest BCUT2D eigenvalue weighted by atomic mass is 10.1. The molecule has 94 valence electrons. The van der Waals surface area contributed by atoms with Gasteiger partial charge in [-0.1, -0.05) is 0 Å². The Hall–Kier alpha value is -1.16. The number of nitrogens with two attached hydrogens (primary N) is 1. The van der Waals surface area contributed by atoms with E-state index in [4.69, 9.17) is 5.73 Å². The van der Waals surface area contributed by atoms with Gasteiger partial charge in [-0.05, 0) is 56.0 Å². The molecule has 1 rings (SSSR count). The SMILES string of the molecule is CSCCC(C)NC(=O)c1ccc(N)cc1C. The fraction of sp³-hybridized carbons (Fsp3) is 0.462. The van der Waals surface area contributed by atoms with E-state index >= 15 is 0 Å². The molecule has 1 unspecified atom stereocenters. The summed E-state index contributed by atoms with van der Waals surface area (Å²) in [5, 5.41) is 3.00. The fourth-order valence-corrected chi connectivity index (χ4v) is 2.20. The molecular formula is C13H20N2OS. The number of anilines is 1. The van der Waals surface area contributed by atoms with Crippen LogP contribution in [-0.2, 0) is 0 Å². The molecule has 0 aliphatic heterocycles. The van der Waals surface area contributed by atoms with Gasteiger partial charge in [0.05, 0.1) is 0 Å². The molecule has 0 bridgehead atoms. The van der Waals surface area contributed by atoms with E-state index < -0.39 is 0 Å². The molecule has 1 aromatic rings. The van der Waals surface area contributed by atoms with Gasteiger partial charge in [0, 0.05) is 17.3 Å². The predicted octanol–water partition coefficient (Wildman–Crippen LogP) is 2.45. The van der Waals surface area contributed by atoms with Gasteiger partial charge in [0.1, 0.15) is 0 Å². The van der Waals surface area contributed by atoms with Crippen molar-refractivity contribution < 1.29 is 4.79 Å². The van der Waals surface area contributed by atoms with Crippen LogP contribution in [0.4, 0.5) is 5.69 Å². The van der Waals surface area contributed by atoms with Crippen molar-refractivity contribution in [3.8, 4) is 0 Å². The van der Waals surface area contributed by atoms with Crippen LogP contribution in [0.25, 0.3) is 0 Å². The molecule has 0 saturated heterocycles. The maximum absolute atomic E-state index is 12.0. The molecule has 1 amide bonds. The van der Waals surface area contributed by atoms with E-state index in [9.17, 15) is 4.79 Å². The number of carbonyl (C=O) groups is 1. The number of nitrogens with one attached hydrogen (secondary N) is 1. The predicted molar refractivity (Wildman–Crippen MR) is 75.5 cm³/mol. The average molecular weight is 252 g/mol. The molecule has 0 radical (unpaired) electrons. The number of hydrogen-bond donors (Lipinski definition) is 2. The van der Waals surface area contributed by atoms with E-state index in [2.05, 4.69) is 11.6 Å². The van der Waals surface area contributed by atoms with E-state index in [0.717, 1.165) is 17.7 Å². The Kier molecular flexibility index (Phi) is 5.35. The van der Waals surface area contributed by atoms with Gasteiger partial charge in [-0.25, -0.2) is 0 Å². The second kappa shape index (κ2) is 6.55. The standard InChI is InChI=1S/C13H20N2OS/c1-9-8-11(14)4-5-12(9)13(16)15-10(2)6-7-17-3/h4-5,8,10H,6-7,14H2,1-3H3,(H,15,16). The summed E-state index contributed by atoms with van der Waals surface area (Å²) in [5.74, 6) is 1.04. The van der Waals surface area contributed by atoms with Gasteiger partial charge in [-0.3, -0.25) is 4.79 Å². The van der Waals surface area contributed by atoms with Crippen molar-refractivity contribution in [1.29, 1.82) is 0 Å². The number of carbonyl (C=O) groups excluding carboxylic acids is 1. The van der Waals surface area contributed by atoms with Crippen LogP contribution in [0.2, 0.25) is 0 Å². The zero-order valence-corrected chi connectivity index (χ0v) is 11.4. The van der Waals surface area contributed by atoms with E-state index in [0.29, 0.717) is 11.3 Å². The van der Waals surface area contributed by atoms with Crippen LogP contribution in [-0.4, -0.2) is 24.0 Å². The number of thioether (sulfide) groups is 1. The molecule has 0 aliphatic carbocycles. The van der Waals surface area contributed by atoms with Crippen molar-refractivity contribution in [1.82, 2.24) is 5.32 Å². The van der Waals surface area contributed by atoms with Crippen LogP contribution < -0.4 is 11.1 Å². The first-order valence-corrected chi connectivity index (χ1v) is 7.10. The number of nitrogen functional groups attached to an aromatic ring is 1. The Labute approximate surface area is 107 Å². The summed E-state index contributed by atoms with van der Waals surface area (Å²) in [6.07, 6.45) is 3.06. The fourth-order valence-electron chi connectivity index (χ4n) is 1.61. The van der Waals surface area contributed by atoms with Crippen LogP contribution >= 0.6 is 11.8 Å². The number of aryl methyl sites for hydroxylation is 1. The van der Waals surface area contributed by atoms with Gasteiger partial charge >= 0.3 is 0 Å². The van der Waals surface area contributed by atoms with Gasteiger partial charge in [0.25, 0.3) is 5.91 Å². The van der Waals surface area contributed by atoms with Crippen LogP contribution in [0.15, 0.2) is 18.2 Å². The summed E-state index contributed by atoms with van der Waals surface area (Å²) in [5.41, 5.74) is 7.97. The van der Waals surface area contributed by atoms with Crippen molar-refractivity contribution in [3.05, 3.63) is 29.3 Å². The lowest BCUT2D eigenvalue weighted by Crippen LogP contribution is -2.33. The van der Waals surface area contributed by atoms with Crippen molar-refractivity contribution in [3.63, 3.8) is 0 Å². The average Bonchev–Trinajstić information content (AvgIpc) is 2.26. The summed E-state index contributed by atoms with van der Waals surface area (Å²) in [7, 11) is 0. The Balaban J connectivity index is 2.63. The van der Waals surface area contributed by atoms with Gasteiger partial charge in [0.15, 0.2) is 0 Å². The van der Waals surface area contributed by atoms with Crippen molar-refractivity contribution in [2.75, 3.05) is 17.7 Å². The van der Waals surface area contributed by atoms with E-state index in [1.807, 2.05) is 19.9 Å². The highest BCUT2D eigenvalue weighted by atomic mass is 32.2. The summed E-state index contributed by atoms with van der Waals surface area (Å²) >= 11 is 1.79. The minimum absolute atomic E-state index is 0.0175. The summed E-state index contributed by atoms with van der Waals surface area (Å²) in [4.78, 5) is 12.0. The highest BCUT2D eigenvalue weighted by Gasteiger charge is 2.11. The molecule has 0 fully saturated rings. The number of benzene rings is 1. The van der Waals surface area contributed by atoms with Gasteiger partial charge < -0.3 is 11.1 Å². The van der Waals surface area contributed by atoms with Gasteiger partial charge in [0.2, 0.25) is 0 Å². The molecule has 3 nitrogen and oxygen atoms in total. The molecule has 3 N–H and O–H groups in total. The minimum atomic E-state index is -0.0175. The third-order valence-electron chi connectivity index (χ3n) is 2.63. The molecule has 4 heteroatoms. The first-order valence-electron chi connectivity index (χ1n) is 5.70. The van der Waals surface area contributed by atoms with Crippen molar-refractivity contribution in [2.24, 2.45) is 0 Å². The minimum Gasteiger partial charge on any atom is -0.399 e. The molecule has 0 aromatic heterocycles. The third-order valence-corrected chi connectivity index (χ3v) is 3.27. The Bertz CT molecular complexity index is 393. The molecule has 0 aliphatic rings. The normalized spacial score (nSPS) is 12.2. The lowest BCUT2D eigenvalue weighted by molar-refractivity contribution is 0.0939. The lowest BCUT2D eigenvalue weighted by Gasteiger charge is -2.14. The van der Waals surface area contributed by atoms with Gasteiger partial charge in [-0.2, -0.15) is 11.8 Å². The zero-order valence-electron chi connectivity index (χ0n) is 10.6. The number of amides is 1. The zero-order chi connectivity index (χ0) is 12.8. The van der Waals surface area contributed by atoms with Crippen molar-refractivity contribution in [2.45, 2.75) is 26.3 Å². The number of hydrogen-bond acceptors (Lipinski definition) is 3. The van der Waals surface area contributed by atoms with Gasteiger partial charge in [-0.15, -0.1) is 0 Å². The first kappa shape index (κ1) is 13.9. The second-order valence-electron chi connectivity index (χ2n) is 4.23. The topological polar surface area (TPSA) is 55.1 Å². The molecule has 1 atom stereocenters. The maximum atomic E-state index is 12.0. The van der Waals surface area contributed by atoms with Crippen LogP contribution in [0.3, 0.4) is 0 Å². The summed E-state index contributed by atoms with van der Waals surface area (Å²) in [6.45, 7) is 3.93. The van der Waals surface area contributed by atoms with E-state index in [1.165, 1.54) is 0 Å². The largest absolute Gasteiger partial charge is 0.399 e. The van der Waals surface area contributed by atoms with E-state index in [-0.39, 0.29) is 11.9 Å². The van der Waals surface area contributed by atoms with Crippen LogP contribution in [0.1, 0.15) is 29.3 Å².